The summed E-state index contributed by atoms with van der Waals surface area (Å²) in [7, 11) is 1.59. The molecule has 100 valence electrons. The zero-order valence-corrected chi connectivity index (χ0v) is 11.1. The van der Waals surface area contributed by atoms with Gasteiger partial charge >= 0.3 is 5.63 Å². The highest BCUT2D eigenvalue weighted by Crippen LogP contribution is 2.12. The molecule has 5 heteroatoms. The minimum Gasteiger partial charge on any atom is -0.345 e. The Morgan fingerprint density at radius 2 is 1.95 bits per heavy atom. The molecular weight excluding hydrogens is 244 g/mol. The molecule has 1 aromatic carbocycles. The predicted molar refractivity (Wildman–Crippen MR) is 71.0 cm³/mol. The Hall–Kier alpha value is -2.30. The minimum absolute atomic E-state index is 0.0604. The van der Waals surface area contributed by atoms with Gasteiger partial charge in [0.05, 0.1) is 11.7 Å². The van der Waals surface area contributed by atoms with Crippen molar-refractivity contribution in [3.63, 3.8) is 0 Å². The summed E-state index contributed by atoms with van der Waals surface area (Å²) in [5, 5.41) is 2.80. The SMILES string of the molecule is Cc1c(C(=O)NC(C)c2ccccc2)c(=O)on1C. The third-order valence-electron chi connectivity index (χ3n) is 3.13. The first kappa shape index (κ1) is 13.1. The number of rotatable bonds is 3. The summed E-state index contributed by atoms with van der Waals surface area (Å²) in [6, 6.07) is 9.39. The molecule has 19 heavy (non-hydrogen) atoms. The molecule has 2 rings (SSSR count). The molecule has 0 bridgehead atoms. The Kier molecular flexibility index (Phi) is 3.55. The van der Waals surface area contributed by atoms with Crippen molar-refractivity contribution >= 4 is 5.91 Å². The van der Waals surface area contributed by atoms with E-state index in [2.05, 4.69) is 5.32 Å². The van der Waals surface area contributed by atoms with Crippen molar-refractivity contribution in [1.29, 1.82) is 0 Å². The summed E-state index contributed by atoms with van der Waals surface area (Å²) in [6.07, 6.45) is 0. The molecule has 0 radical (unpaired) electrons. The van der Waals surface area contributed by atoms with E-state index in [0.717, 1.165) is 5.56 Å². The number of aromatic nitrogens is 1. The summed E-state index contributed by atoms with van der Waals surface area (Å²) >= 11 is 0. The second-order valence-electron chi connectivity index (χ2n) is 4.44. The number of carbonyl (C=O) groups is 1. The van der Waals surface area contributed by atoms with Gasteiger partial charge in [0.25, 0.3) is 5.91 Å². The maximum Gasteiger partial charge on any atom is 0.370 e. The Morgan fingerprint density at radius 3 is 2.47 bits per heavy atom. The van der Waals surface area contributed by atoms with Gasteiger partial charge in [-0.15, -0.1) is 0 Å². The first-order chi connectivity index (χ1) is 9.00. The van der Waals surface area contributed by atoms with Crippen LogP contribution < -0.4 is 10.9 Å². The summed E-state index contributed by atoms with van der Waals surface area (Å²) < 4.78 is 6.15. The van der Waals surface area contributed by atoms with E-state index in [1.54, 1.807) is 14.0 Å². The molecule has 1 heterocycles. The van der Waals surface area contributed by atoms with Gasteiger partial charge < -0.3 is 9.84 Å². The van der Waals surface area contributed by atoms with E-state index in [4.69, 9.17) is 4.52 Å². The van der Waals surface area contributed by atoms with Crippen LogP contribution in [0, 0.1) is 6.92 Å². The molecule has 1 amide bonds. The van der Waals surface area contributed by atoms with Crippen LogP contribution in [0.1, 0.15) is 34.6 Å². The summed E-state index contributed by atoms with van der Waals surface area (Å²) in [4.78, 5) is 23.7. The first-order valence-corrected chi connectivity index (χ1v) is 6.03. The van der Waals surface area contributed by atoms with E-state index < -0.39 is 11.5 Å². The molecule has 1 aromatic heterocycles. The lowest BCUT2D eigenvalue weighted by Gasteiger charge is -2.13. The number of benzene rings is 1. The van der Waals surface area contributed by atoms with E-state index >= 15 is 0 Å². The highest BCUT2D eigenvalue weighted by Gasteiger charge is 2.21. The largest absolute Gasteiger partial charge is 0.370 e. The summed E-state index contributed by atoms with van der Waals surface area (Å²) in [5.74, 6) is -0.414. The lowest BCUT2D eigenvalue weighted by atomic mass is 10.1. The molecule has 2 aromatic rings. The van der Waals surface area contributed by atoms with Gasteiger partial charge in [0.15, 0.2) is 0 Å². The third kappa shape index (κ3) is 2.59. The number of nitrogens with one attached hydrogen (secondary N) is 1. The van der Waals surface area contributed by atoms with Crippen LogP contribution in [-0.4, -0.2) is 10.6 Å². The molecule has 0 saturated heterocycles. The van der Waals surface area contributed by atoms with E-state index in [9.17, 15) is 9.59 Å². The Morgan fingerprint density at radius 1 is 1.32 bits per heavy atom. The fraction of sp³-hybridized carbons (Fsp3) is 0.286. The highest BCUT2D eigenvalue weighted by atomic mass is 16.5. The molecule has 0 aliphatic carbocycles. The summed E-state index contributed by atoms with van der Waals surface area (Å²) in [6.45, 7) is 3.54. The number of nitrogens with zero attached hydrogens (tertiary/aromatic N) is 1. The molecule has 1 unspecified atom stereocenters. The Labute approximate surface area is 110 Å². The van der Waals surface area contributed by atoms with Crippen molar-refractivity contribution in [2.24, 2.45) is 7.05 Å². The quantitative estimate of drug-likeness (QED) is 0.914. The average molecular weight is 260 g/mol. The van der Waals surface area contributed by atoms with Crippen LogP contribution >= 0.6 is 0 Å². The molecule has 0 aliphatic heterocycles. The van der Waals surface area contributed by atoms with E-state index in [-0.39, 0.29) is 11.6 Å². The van der Waals surface area contributed by atoms with Crippen molar-refractivity contribution < 1.29 is 9.32 Å². The standard InChI is InChI=1S/C14H16N2O3/c1-9(11-7-5-4-6-8-11)15-13(17)12-10(2)16(3)19-14(12)18/h4-9H,1-3H3,(H,15,17). The van der Waals surface area contributed by atoms with Crippen LogP contribution in [0.5, 0.6) is 0 Å². The number of hydrogen-bond donors (Lipinski definition) is 1. The average Bonchev–Trinajstić information content (AvgIpc) is 2.64. The van der Waals surface area contributed by atoms with Gasteiger partial charge in [-0.05, 0) is 19.4 Å². The van der Waals surface area contributed by atoms with Crippen LogP contribution in [0.2, 0.25) is 0 Å². The van der Waals surface area contributed by atoms with E-state index in [1.807, 2.05) is 37.3 Å². The van der Waals surface area contributed by atoms with Crippen LogP contribution in [-0.2, 0) is 7.05 Å². The minimum atomic E-state index is -0.613. The maximum atomic E-state index is 12.1. The first-order valence-electron chi connectivity index (χ1n) is 6.03. The van der Waals surface area contributed by atoms with Gasteiger partial charge in [-0.25, -0.2) is 9.53 Å². The maximum absolute atomic E-state index is 12.1. The molecule has 5 nitrogen and oxygen atoms in total. The number of carbonyl (C=O) groups excluding carboxylic acids is 1. The molecule has 1 atom stereocenters. The van der Waals surface area contributed by atoms with E-state index in [1.165, 1.54) is 4.74 Å². The summed E-state index contributed by atoms with van der Waals surface area (Å²) in [5.41, 5.74) is 0.944. The zero-order valence-electron chi connectivity index (χ0n) is 11.1. The lowest BCUT2D eigenvalue weighted by molar-refractivity contribution is 0.0937. The molecule has 0 spiro atoms. The Bertz CT molecular complexity index is 640. The number of amides is 1. The van der Waals surface area contributed by atoms with Crippen molar-refractivity contribution in [3.05, 3.63) is 57.6 Å². The van der Waals surface area contributed by atoms with Crippen LogP contribution in [0.4, 0.5) is 0 Å². The van der Waals surface area contributed by atoms with E-state index in [0.29, 0.717) is 5.69 Å². The van der Waals surface area contributed by atoms with Crippen molar-refractivity contribution in [1.82, 2.24) is 10.1 Å². The molecular formula is C14H16N2O3. The molecule has 1 N–H and O–H groups in total. The van der Waals surface area contributed by atoms with Gasteiger partial charge in [0.2, 0.25) is 0 Å². The van der Waals surface area contributed by atoms with Gasteiger partial charge in [-0.1, -0.05) is 30.3 Å². The van der Waals surface area contributed by atoms with Gasteiger partial charge in [0, 0.05) is 7.05 Å². The van der Waals surface area contributed by atoms with Gasteiger partial charge in [-0.2, -0.15) is 0 Å². The zero-order chi connectivity index (χ0) is 14.0. The topological polar surface area (TPSA) is 64.2 Å². The van der Waals surface area contributed by atoms with Crippen molar-refractivity contribution in [2.75, 3.05) is 0 Å². The molecule has 0 aliphatic rings. The fourth-order valence-corrected chi connectivity index (χ4v) is 1.89. The fourth-order valence-electron chi connectivity index (χ4n) is 1.89. The second kappa shape index (κ2) is 5.14. The third-order valence-corrected chi connectivity index (χ3v) is 3.13. The van der Waals surface area contributed by atoms with Gasteiger partial charge in [0.1, 0.15) is 5.56 Å². The molecule has 0 saturated carbocycles. The highest BCUT2D eigenvalue weighted by molar-refractivity contribution is 5.95. The number of aryl methyl sites for hydroxylation is 1. The van der Waals surface area contributed by atoms with Crippen LogP contribution in [0.25, 0.3) is 0 Å². The van der Waals surface area contributed by atoms with Crippen LogP contribution in [0.3, 0.4) is 0 Å². The smallest absolute Gasteiger partial charge is 0.345 e. The predicted octanol–water partition coefficient (Wildman–Crippen LogP) is 1.78. The lowest BCUT2D eigenvalue weighted by Crippen LogP contribution is -2.30. The van der Waals surface area contributed by atoms with Crippen molar-refractivity contribution in [2.45, 2.75) is 19.9 Å². The molecule has 0 fully saturated rings. The van der Waals surface area contributed by atoms with Crippen LogP contribution in [0.15, 0.2) is 39.6 Å². The monoisotopic (exact) mass is 260 g/mol. The second-order valence-corrected chi connectivity index (χ2v) is 4.44. The Balaban J connectivity index is 2.20. The normalized spacial score (nSPS) is 12.2. The number of hydrogen-bond acceptors (Lipinski definition) is 3. The van der Waals surface area contributed by atoms with Gasteiger partial charge in [-0.3, -0.25) is 4.79 Å². The van der Waals surface area contributed by atoms with Crippen molar-refractivity contribution in [3.8, 4) is 0 Å².